The van der Waals surface area contributed by atoms with Crippen molar-refractivity contribution in [3.05, 3.63) is 33.4 Å². The van der Waals surface area contributed by atoms with Gasteiger partial charge in [-0.25, -0.2) is 13.1 Å². The van der Waals surface area contributed by atoms with Crippen molar-refractivity contribution in [1.82, 2.24) is 9.78 Å². The molecule has 112 valence electrons. The van der Waals surface area contributed by atoms with Crippen molar-refractivity contribution in [2.24, 2.45) is 0 Å². The molecule has 1 aromatic heterocycles. The van der Waals surface area contributed by atoms with Gasteiger partial charge in [0.25, 0.3) is 0 Å². The molecule has 2 N–H and O–H groups in total. The second-order valence-corrected chi connectivity index (χ2v) is 8.73. The van der Waals surface area contributed by atoms with Crippen LogP contribution in [0.25, 0.3) is 11.3 Å². The van der Waals surface area contributed by atoms with Gasteiger partial charge < -0.3 is 5.73 Å². The molecule has 1 saturated heterocycles. The van der Waals surface area contributed by atoms with Crippen LogP contribution in [0.3, 0.4) is 0 Å². The highest BCUT2D eigenvalue weighted by Crippen LogP contribution is 2.33. The average Bonchev–Trinajstić information content (AvgIpc) is 2.93. The van der Waals surface area contributed by atoms with E-state index in [0.717, 1.165) is 20.4 Å². The van der Waals surface area contributed by atoms with E-state index in [1.165, 1.54) is 0 Å². The van der Waals surface area contributed by atoms with Gasteiger partial charge in [0.1, 0.15) is 5.82 Å². The van der Waals surface area contributed by atoms with Crippen molar-refractivity contribution >= 4 is 38.2 Å². The Hall–Kier alpha value is -1.09. The minimum atomic E-state index is -2.95. The zero-order valence-corrected chi connectivity index (χ0v) is 14.6. The number of nitrogens with zero attached hydrogens (tertiary/aromatic N) is 2. The average molecular weight is 417 g/mol. The van der Waals surface area contributed by atoms with Crippen molar-refractivity contribution < 1.29 is 8.42 Å². The molecule has 2 heterocycles. The molecule has 5 nitrogen and oxygen atoms in total. The standard InChI is InChI=1S/C14H16IN3O2S/c1-9-13(11-4-2-3-5-12(11)15)17-18(14(9)16)10-6-7-21(19,20)8-10/h2-5,10H,6-8,16H2,1H3. The Kier molecular flexibility index (Phi) is 3.73. The zero-order valence-electron chi connectivity index (χ0n) is 11.6. The number of nitrogen functional groups attached to an aromatic ring is 1. The molecule has 1 fully saturated rings. The SMILES string of the molecule is Cc1c(-c2ccccc2I)nn(C2CCS(=O)(=O)C2)c1N. The number of hydrogen-bond donors (Lipinski definition) is 1. The van der Waals surface area contributed by atoms with Gasteiger partial charge in [-0.15, -0.1) is 0 Å². The summed E-state index contributed by atoms with van der Waals surface area (Å²) in [6.07, 6.45) is 0.582. The van der Waals surface area contributed by atoms with Crippen LogP contribution >= 0.6 is 22.6 Å². The molecule has 2 aromatic rings. The molecule has 21 heavy (non-hydrogen) atoms. The van der Waals surface area contributed by atoms with E-state index < -0.39 is 9.84 Å². The molecule has 0 bridgehead atoms. The first kappa shape index (κ1) is 14.8. The Balaban J connectivity index is 2.07. The number of nitrogens with two attached hydrogens (primary N) is 1. The smallest absolute Gasteiger partial charge is 0.152 e. The van der Waals surface area contributed by atoms with E-state index in [1.54, 1.807) is 4.68 Å². The minimum absolute atomic E-state index is 0.129. The molecule has 0 radical (unpaired) electrons. The normalized spacial score (nSPS) is 20.8. The van der Waals surface area contributed by atoms with Crippen LogP contribution in [0.15, 0.2) is 24.3 Å². The Labute approximate surface area is 137 Å². The van der Waals surface area contributed by atoms with Crippen molar-refractivity contribution in [2.75, 3.05) is 17.2 Å². The van der Waals surface area contributed by atoms with E-state index in [0.29, 0.717) is 12.2 Å². The second kappa shape index (κ2) is 5.28. The van der Waals surface area contributed by atoms with Gasteiger partial charge in [-0.1, -0.05) is 18.2 Å². The van der Waals surface area contributed by atoms with E-state index >= 15 is 0 Å². The molecule has 1 atom stereocenters. The second-order valence-electron chi connectivity index (χ2n) is 5.34. The molecular formula is C14H16IN3O2S. The number of halogens is 1. The Bertz CT molecular complexity index is 799. The topological polar surface area (TPSA) is 78.0 Å². The van der Waals surface area contributed by atoms with Crippen LogP contribution in [0.5, 0.6) is 0 Å². The van der Waals surface area contributed by atoms with Crippen LogP contribution in [0.2, 0.25) is 0 Å². The summed E-state index contributed by atoms with van der Waals surface area (Å²) >= 11 is 2.27. The third-order valence-electron chi connectivity index (χ3n) is 3.88. The van der Waals surface area contributed by atoms with Crippen LogP contribution in [0.4, 0.5) is 5.82 Å². The van der Waals surface area contributed by atoms with Gasteiger partial charge >= 0.3 is 0 Å². The number of hydrogen-bond acceptors (Lipinski definition) is 4. The maximum absolute atomic E-state index is 11.7. The van der Waals surface area contributed by atoms with Crippen LogP contribution in [-0.4, -0.2) is 29.7 Å². The van der Waals surface area contributed by atoms with Gasteiger partial charge in [-0.2, -0.15) is 5.10 Å². The largest absolute Gasteiger partial charge is 0.384 e. The fraction of sp³-hybridized carbons (Fsp3) is 0.357. The monoisotopic (exact) mass is 417 g/mol. The van der Waals surface area contributed by atoms with E-state index in [-0.39, 0.29) is 17.5 Å². The number of aromatic nitrogens is 2. The fourth-order valence-electron chi connectivity index (χ4n) is 2.69. The molecular weight excluding hydrogens is 401 g/mol. The first-order valence-electron chi connectivity index (χ1n) is 6.69. The summed E-state index contributed by atoms with van der Waals surface area (Å²) in [7, 11) is -2.95. The molecule has 1 aromatic carbocycles. The first-order valence-corrected chi connectivity index (χ1v) is 9.59. The van der Waals surface area contributed by atoms with Gasteiger partial charge in [0.15, 0.2) is 9.84 Å². The minimum Gasteiger partial charge on any atom is -0.384 e. The third kappa shape index (κ3) is 2.68. The fourth-order valence-corrected chi connectivity index (χ4v) is 5.02. The van der Waals surface area contributed by atoms with Crippen LogP contribution < -0.4 is 5.73 Å². The summed E-state index contributed by atoms with van der Waals surface area (Å²) in [6, 6.07) is 7.82. The molecule has 3 rings (SSSR count). The highest BCUT2D eigenvalue weighted by molar-refractivity contribution is 14.1. The van der Waals surface area contributed by atoms with E-state index in [1.807, 2.05) is 31.2 Å². The maximum Gasteiger partial charge on any atom is 0.152 e. The molecule has 0 saturated carbocycles. The molecule has 1 aliphatic heterocycles. The van der Waals surface area contributed by atoms with Crippen molar-refractivity contribution in [2.45, 2.75) is 19.4 Å². The highest BCUT2D eigenvalue weighted by atomic mass is 127. The number of rotatable bonds is 2. The predicted octanol–water partition coefficient (Wildman–Crippen LogP) is 2.40. The first-order chi connectivity index (χ1) is 9.89. The summed E-state index contributed by atoms with van der Waals surface area (Å²) in [4.78, 5) is 0. The van der Waals surface area contributed by atoms with Crippen LogP contribution in [-0.2, 0) is 9.84 Å². The number of benzene rings is 1. The molecule has 0 amide bonds. The molecule has 1 aliphatic rings. The predicted molar refractivity (Wildman–Crippen MR) is 91.8 cm³/mol. The number of sulfone groups is 1. The Morgan fingerprint density at radius 2 is 2.10 bits per heavy atom. The summed E-state index contributed by atoms with van der Waals surface area (Å²) in [5.41, 5.74) is 8.93. The van der Waals surface area contributed by atoms with Gasteiger partial charge in [0.2, 0.25) is 0 Å². The van der Waals surface area contributed by atoms with Crippen LogP contribution in [0.1, 0.15) is 18.0 Å². The lowest BCUT2D eigenvalue weighted by Gasteiger charge is -2.10. The number of anilines is 1. The molecule has 1 unspecified atom stereocenters. The lowest BCUT2D eigenvalue weighted by molar-refractivity contribution is 0.508. The van der Waals surface area contributed by atoms with Crippen molar-refractivity contribution in [3.63, 3.8) is 0 Å². The van der Waals surface area contributed by atoms with Gasteiger partial charge in [0.05, 0.1) is 23.2 Å². The molecule has 0 aliphatic carbocycles. The maximum atomic E-state index is 11.7. The summed E-state index contributed by atoms with van der Waals surface area (Å²) in [5.74, 6) is 0.907. The van der Waals surface area contributed by atoms with E-state index in [2.05, 4.69) is 27.7 Å². The van der Waals surface area contributed by atoms with Crippen molar-refractivity contribution in [1.29, 1.82) is 0 Å². The molecule has 7 heteroatoms. The lowest BCUT2D eigenvalue weighted by Crippen LogP contribution is -2.14. The van der Waals surface area contributed by atoms with Crippen molar-refractivity contribution in [3.8, 4) is 11.3 Å². The van der Waals surface area contributed by atoms with Crippen LogP contribution in [0, 0.1) is 10.5 Å². The lowest BCUT2D eigenvalue weighted by atomic mass is 10.1. The Morgan fingerprint density at radius 1 is 1.38 bits per heavy atom. The zero-order chi connectivity index (χ0) is 15.2. The third-order valence-corrected chi connectivity index (χ3v) is 6.57. The van der Waals surface area contributed by atoms with Gasteiger partial charge in [-0.05, 0) is 42.0 Å². The van der Waals surface area contributed by atoms with E-state index in [4.69, 9.17) is 5.73 Å². The molecule has 0 spiro atoms. The van der Waals surface area contributed by atoms with Gasteiger partial charge in [-0.3, -0.25) is 0 Å². The van der Waals surface area contributed by atoms with Gasteiger partial charge in [0, 0.05) is 14.7 Å². The summed E-state index contributed by atoms with van der Waals surface area (Å²) in [6.45, 7) is 1.93. The highest BCUT2D eigenvalue weighted by Gasteiger charge is 2.32. The summed E-state index contributed by atoms with van der Waals surface area (Å²) in [5, 5.41) is 4.61. The van der Waals surface area contributed by atoms with E-state index in [9.17, 15) is 8.42 Å². The quantitative estimate of drug-likeness (QED) is 0.762. The Morgan fingerprint density at radius 3 is 2.71 bits per heavy atom. The summed E-state index contributed by atoms with van der Waals surface area (Å²) < 4.78 is 26.1.